The predicted octanol–water partition coefficient (Wildman–Crippen LogP) is 5.31. The molecule has 4 nitrogen and oxygen atoms in total. The molecule has 5 rings (SSSR count). The number of aromatic nitrogens is 2. The van der Waals surface area contributed by atoms with E-state index >= 15 is 0 Å². The standard InChI is InChI=1S/C25H23N3OS/c29-24(26-21-15-8-10-18-9-4-5-13-20(18)21)17-30-25-27-22-14-6-7-16-23(22)28(25)19-11-2-1-3-12-19/h1-7,9,11-14,16,21H,8,10,15,17H2,(H,26,29). The highest BCUT2D eigenvalue weighted by Crippen LogP contribution is 2.31. The number of fused-ring (bicyclic) bond motifs is 2. The second kappa shape index (κ2) is 8.36. The molecule has 0 saturated carbocycles. The van der Waals surface area contributed by atoms with Gasteiger partial charge in [0.15, 0.2) is 5.16 Å². The molecule has 5 heteroatoms. The summed E-state index contributed by atoms with van der Waals surface area (Å²) < 4.78 is 2.13. The molecule has 0 aliphatic heterocycles. The summed E-state index contributed by atoms with van der Waals surface area (Å²) in [5.74, 6) is 0.392. The molecule has 3 aromatic carbocycles. The maximum Gasteiger partial charge on any atom is 0.230 e. The summed E-state index contributed by atoms with van der Waals surface area (Å²) >= 11 is 1.49. The second-order valence-corrected chi connectivity index (χ2v) is 8.50. The fourth-order valence-corrected chi connectivity index (χ4v) is 5.04. The minimum Gasteiger partial charge on any atom is -0.349 e. The Kier molecular flexibility index (Phi) is 5.28. The van der Waals surface area contributed by atoms with Crippen molar-refractivity contribution in [1.82, 2.24) is 14.9 Å². The Labute approximate surface area is 180 Å². The molecule has 150 valence electrons. The number of carbonyl (C=O) groups is 1. The van der Waals surface area contributed by atoms with E-state index in [1.807, 2.05) is 36.4 Å². The third kappa shape index (κ3) is 3.73. The molecule has 0 bridgehead atoms. The van der Waals surface area contributed by atoms with Crippen molar-refractivity contribution >= 4 is 28.7 Å². The average Bonchev–Trinajstić information content (AvgIpc) is 3.17. The molecule has 0 spiro atoms. The number of hydrogen-bond acceptors (Lipinski definition) is 3. The molecule has 0 radical (unpaired) electrons. The summed E-state index contributed by atoms with van der Waals surface area (Å²) in [7, 11) is 0. The quantitative estimate of drug-likeness (QED) is 0.451. The molecule has 1 amide bonds. The lowest BCUT2D eigenvalue weighted by Crippen LogP contribution is -2.32. The second-order valence-electron chi connectivity index (χ2n) is 7.55. The van der Waals surface area contributed by atoms with E-state index in [2.05, 4.69) is 52.3 Å². The van der Waals surface area contributed by atoms with E-state index in [4.69, 9.17) is 4.98 Å². The Morgan fingerprint density at radius 2 is 1.77 bits per heavy atom. The van der Waals surface area contributed by atoms with Gasteiger partial charge in [-0.3, -0.25) is 9.36 Å². The molecule has 1 heterocycles. The number of para-hydroxylation sites is 3. The van der Waals surface area contributed by atoms with E-state index in [0.29, 0.717) is 5.75 Å². The Balaban J connectivity index is 1.35. The molecule has 0 saturated heterocycles. The largest absolute Gasteiger partial charge is 0.349 e. The van der Waals surface area contributed by atoms with Crippen LogP contribution in [0.15, 0.2) is 84.0 Å². The van der Waals surface area contributed by atoms with Gasteiger partial charge < -0.3 is 5.32 Å². The fourth-order valence-electron chi connectivity index (χ4n) is 4.20. The monoisotopic (exact) mass is 413 g/mol. The van der Waals surface area contributed by atoms with Gasteiger partial charge in [0.2, 0.25) is 5.91 Å². The summed E-state index contributed by atoms with van der Waals surface area (Å²) in [6, 6.07) is 26.8. The first kappa shape index (κ1) is 18.9. The van der Waals surface area contributed by atoms with Crippen LogP contribution in [0.1, 0.15) is 30.0 Å². The fraction of sp³-hybridized carbons (Fsp3) is 0.200. The minimum absolute atomic E-state index is 0.0494. The molecule has 0 fully saturated rings. The molecular formula is C25H23N3OS. The summed E-state index contributed by atoms with van der Waals surface area (Å²) in [6.07, 6.45) is 3.20. The number of benzene rings is 3. The third-order valence-corrected chi connectivity index (χ3v) is 6.52. The number of rotatable bonds is 5. The number of nitrogens with one attached hydrogen (secondary N) is 1. The normalized spacial score (nSPS) is 15.7. The van der Waals surface area contributed by atoms with Crippen LogP contribution in [0.2, 0.25) is 0 Å². The Morgan fingerprint density at radius 1 is 1.00 bits per heavy atom. The lowest BCUT2D eigenvalue weighted by Gasteiger charge is -2.26. The zero-order chi connectivity index (χ0) is 20.3. The van der Waals surface area contributed by atoms with Crippen molar-refractivity contribution < 1.29 is 4.79 Å². The first-order chi connectivity index (χ1) is 14.8. The molecule has 30 heavy (non-hydrogen) atoms. The summed E-state index contributed by atoms with van der Waals surface area (Å²) in [5.41, 5.74) is 5.65. The number of amides is 1. The van der Waals surface area contributed by atoms with Gasteiger partial charge in [-0.15, -0.1) is 0 Å². The zero-order valence-corrected chi connectivity index (χ0v) is 17.4. The topological polar surface area (TPSA) is 46.9 Å². The van der Waals surface area contributed by atoms with E-state index in [1.54, 1.807) is 0 Å². The van der Waals surface area contributed by atoms with Gasteiger partial charge in [0.1, 0.15) is 0 Å². The molecule has 1 atom stereocenters. The van der Waals surface area contributed by atoms with Gasteiger partial charge in [-0.05, 0) is 54.7 Å². The first-order valence-electron chi connectivity index (χ1n) is 10.3. The van der Waals surface area contributed by atoms with Gasteiger partial charge in [-0.2, -0.15) is 0 Å². The predicted molar refractivity (Wildman–Crippen MR) is 122 cm³/mol. The van der Waals surface area contributed by atoms with Crippen LogP contribution < -0.4 is 5.32 Å². The average molecular weight is 414 g/mol. The van der Waals surface area contributed by atoms with Gasteiger partial charge >= 0.3 is 0 Å². The SMILES string of the molecule is O=C(CSc1nc2ccccc2n1-c1ccccc1)NC1CCCc2ccccc21. The highest BCUT2D eigenvalue weighted by molar-refractivity contribution is 7.99. The highest BCUT2D eigenvalue weighted by Gasteiger charge is 2.22. The van der Waals surface area contributed by atoms with Gasteiger partial charge in [0.05, 0.1) is 22.8 Å². The van der Waals surface area contributed by atoms with E-state index in [1.165, 1.54) is 22.9 Å². The first-order valence-corrected chi connectivity index (χ1v) is 11.3. The third-order valence-electron chi connectivity index (χ3n) is 5.58. The van der Waals surface area contributed by atoms with Gasteiger partial charge in [-0.25, -0.2) is 4.98 Å². The van der Waals surface area contributed by atoms with Crippen LogP contribution in [-0.2, 0) is 11.2 Å². The number of aryl methyl sites for hydroxylation is 1. The lowest BCUT2D eigenvalue weighted by molar-refractivity contribution is -0.119. The molecule has 1 unspecified atom stereocenters. The van der Waals surface area contributed by atoms with Gasteiger partial charge in [0, 0.05) is 5.69 Å². The van der Waals surface area contributed by atoms with Crippen LogP contribution in [0.4, 0.5) is 0 Å². The van der Waals surface area contributed by atoms with Crippen molar-refractivity contribution in [2.24, 2.45) is 0 Å². The number of nitrogens with zero attached hydrogens (tertiary/aromatic N) is 2. The van der Waals surface area contributed by atoms with Crippen LogP contribution in [0, 0.1) is 0 Å². The van der Waals surface area contributed by atoms with Crippen LogP contribution in [-0.4, -0.2) is 21.2 Å². The Morgan fingerprint density at radius 3 is 2.67 bits per heavy atom. The van der Waals surface area contributed by atoms with Gasteiger partial charge in [-0.1, -0.05) is 66.4 Å². The summed E-state index contributed by atoms with van der Waals surface area (Å²) in [5, 5.41) is 4.08. The minimum atomic E-state index is 0.0494. The number of carbonyl (C=O) groups excluding carboxylic acids is 1. The van der Waals surface area contributed by atoms with E-state index < -0.39 is 0 Å². The van der Waals surface area contributed by atoms with E-state index in [-0.39, 0.29) is 11.9 Å². The number of imidazole rings is 1. The van der Waals surface area contributed by atoms with Crippen LogP contribution in [0.5, 0.6) is 0 Å². The van der Waals surface area contributed by atoms with Crippen molar-refractivity contribution in [2.75, 3.05) is 5.75 Å². The van der Waals surface area contributed by atoms with Crippen molar-refractivity contribution in [1.29, 1.82) is 0 Å². The summed E-state index contributed by atoms with van der Waals surface area (Å²) in [4.78, 5) is 17.6. The maximum atomic E-state index is 12.8. The number of thioether (sulfide) groups is 1. The molecule has 1 aliphatic carbocycles. The van der Waals surface area contributed by atoms with Crippen LogP contribution in [0.25, 0.3) is 16.7 Å². The van der Waals surface area contributed by atoms with Crippen molar-refractivity contribution in [2.45, 2.75) is 30.5 Å². The van der Waals surface area contributed by atoms with Crippen LogP contribution in [0.3, 0.4) is 0 Å². The van der Waals surface area contributed by atoms with Crippen LogP contribution >= 0.6 is 11.8 Å². The van der Waals surface area contributed by atoms with E-state index in [9.17, 15) is 4.79 Å². The van der Waals surface area contributed by atoms with Crippen molar-refractivity contribution in [3.63, 3.8) is 0 Å². The highest BCUT2D eigenvalue weighted by atomic mass is 32.2. The maximum absolute atomic E-state index is 12.8. The molecule has 1 aromatic heterocycles. The molecule has 1 N–H and O–H groups in total. The van der Waals surface area contributed by atoms with Crippen molar-refractivity contribution in [3.05, 3.63) is 90.0 Å². The Bertz CT molecular complexity index is 1190. The van der Waals surface area contributed by atoms with E-state index in [0.717, 1.165) is 41.1 Å². The molecule has 4 aromatic rings. The van der Waals surface area contributed by atoms with Crippen molar-refractivity contribution in [3.8, 4) is 5.69 Å². The smallest absolute Gasteiger partial charge is 0.230 e. The summed E-state index contributed by atoms with van der Waals surface area (Å²) in [6.45, 7) is 0. The number of hydrogen-bond donors (Lipinski definition) is 1. The molecule has 1 aliphatic rings. The zero-order valence-electron chi connectivity index (χ0n) is 16.6. The lowest BCUT2D eigenvalue weighted by atomic mass is 9.88. The molecular weight excluding hydrogens is 390 g/mol. The van der Waals surface area contributed by atoms with Gasteiger partial charge in [0.25, 0.3) is 0 Å². The Hall–Kier alpha value is -3.05.